The number of fused-ring (bicyclic) bond motifs is 1. The summed E-state index contributed by atoms with van der Waals surface area (Å²) in [6.07, 6.45) is -4.15. The minimum Gasteiger partial charge on any atom is -0.365 e. The van der Waals surface area contributed by atoms with E-state index in [4.69, 9.17) is 0 Å². The molecule has 0 spiro atoms. The standard InChI is InChI=1S/C23H23F5N4/c1-14-16(5-3-6-20(14)23(26,27)28)12-29-21-19-11-17(7-8-18(19)15(2)30-31-21)32-10-4-9-22(24,25)13-32/h3,5-8,11H,4,9-10,12-13H2,1-2H3,(H,29,31). The average molecular weight is 450 g/mol. The summed E-state index contributed by atoms with van der Waals surface area (Å²) in [7, 11) is 0. The molecule has 1 aliphatic heterocycles. The van der Waals surface area contributed by atoms with Crippen molar-refractivity contribution < 1.29 is 22.0 Å². The van der Waals surface area contributed by atoms with E-state index in [2.05, 4.69) is 15.5 Å². The van der Waals surface area contributed by atoms with E-state index in [-0.39, 0.29) is 25.1 Å². The molecule has 1 fully saturated rings. The first kappa shape index (κ1) is 22.2. The number of hydrogen-bond acceptors (Lipinski definition) is 4. The van der Waals surface area contributed by atoms with Gasteiger partial charge in [0.1, 0.15) is 0 Å². The first-order valence-corrected chi connectivity index (χ1v) is 10.3. The Balaban J connectivity index is 1.65. The molecular weight excluding hydrogens is 427 g/mol. The summed E-state index contributed by atoms with van der Waals surface area (Å²) >= 11 is 0. The molecule has 1 saturated heterocycles. The Morgan fingerprint density at radius 2 is 1.84 bits per heavy atom. The maximum Gasteiger partial charge on any atom is 0.416 e. The van der Waals surface area contributed by atoms with Gasteiger partial charge < -0.3 is 10.2 Å². The SMILES string of the molecule is Cc1c(CNc2nnc(C)c3ccc(N4CCCC(F)(F)C4)cc23)cccc1C(F)(F)F. The number of anilines is 2. The number of hydrogen-bond donors (Lipinski definition) is 1. The largest absolute Gasteiger partial charge is 0.416 e. The predicted molar refractivity (Wildman–Crippen MR) is 114 cm³/mol. The highest BCUT2D eigenvalue weighted by molar-refractivity contribution is 5.95. The normalized spacial score (nSPS) is 16.4. The van der Waals surface area contributed by atoms with Crippen molar-refractivity contribution in [3.8, 4) is 0 Å². The molecule has 9 heteroatoms. The number of benzene rings is 2. The lowest BCUT2D eigenvalue weighted by atomic mass is 10.0. The van der Waals surface area contributed by atoms with Crippen molar-refractivity contribution in [2.24, 2.45) is 0 Å². The number of halogens is 5. The maximum atomic E-state index is 13.9. The van der Waals surface area contributed by atoms with Crippen molar-refractivity contribution in [1.29, 1.82) is 0 Å². The van der Waals surface area contributed by atoms with Gasteiger partial charge in [-0.25, -0.2) is 8.78 Å². The highest BCUT2D eigenvalue weighted by Gasteiger charge is 2.35. The molecule has 2 aromatic carbocycles. The lowest BCUT2D eigenvalue weighted by Crippen LogP contribution is -2.42. The molecule has 2 heterocycles. The number of aromatic nitrogens is 2. The summed E-state index contributed by atoms with van der Waals surface area (Å²) in [5.41, 5.74) is 1.29. The summed E-state index contributed by atoms with van der Waals surface area (Å²) in [6, 6.07) is 9.46. The third kappa shape index (κ3) is 4.47. The van der Waals surface area contributed by atoms with Crippen molar-refractivity contribution in [3.05, 3.63) is 58.8 Å². The summed E-state index contributed by atoms with van der Waals surface area (Å²) < 4.78 is 67.5. The Bertz CT molecular complexity index is 1140. The van der Waals surface area contributed by atoms with Crippen molar-refractivity contribution in [2.75, 3.05) is 23.3 Å². The molecule has 0 radical (unpaired) electrons. The minimum absolute atomic E-state index is 0.120. The third-order valence-electron chi connectivity index (χ3n) is 5.90. The molecule has 32 heavy (non-hydrogen) atoms. The Morgan fingerprint density at radius 1 is 1.06 bits per heavy atom. The second kappa shape index (κ2) is 8.18. The van der Waals surface area contributed by atoms with Gasteiger partial charge in [-0.15, -0.1) is 5.10 Å². The van der Waals surface area contributed by atoms with Gasteiger partial charge in [0.15, 0.2) is 5.82 Å². The number of nitrogens with zero attached hydrogens (tertiary/aromatic N) is 3. The van der Waals surface area contributed by atoms with Crippen LogP contribution >= 0.6 is 0 Å². The molecule has 1 N–H and O–H groups in total. The van der Waals surface area contributed by atoms with Crippen molar-refractivity contribution in [2.45, 2.75) is 45.3 Å². The molecule has 4 rings (SSSR count). The van der Waals surface area contributed by atoms with E-state index in [1.54, 1.807) is 30.0 Å². The first-order chi connectivity index (χ1) is 15.0. The van der Waals surface area contributed by atoms with Crippen LogP contribution in [0.25, 0.3) is 10.8 Å². The lowest BCUT2D eigenvalue weighted by molar-refractivity contribution is -0.138. The van der Waals surface area contributed by atoms with Gasteiger partial charge in [-0.1, -0.05) is 18.2 Å². The smallest absolute Gasteiger partial charge is 0.365 e. The van der Waals surface area contributed by atoms with Gasteiger partial charge in [-0.2, -0.15) is 18.3 Å². The van der Waals surface area contributed by atoms with Crippen LogP contribution in [-0.2, 0) is 12.7 Å². The second-order valence-corrected chi connectivity index (χ2v) is 8.19. The van der Waals surface area contributed by atoms with Gasteiger partial charge in [0, 0.05) is 36.0 Å². The molecule has 0 unspecified atom stereocenters. The van der Waals surface area contributed by atoms with Crippen LogP contribution in [-0.4, -0.2) is 29.2 Å². The monoisotopic (exact) mass is 450 g/mol. The van der Waals surface area contributed by atoms with E-state index in [0.29, 0.717) is 41.1 Å². The molecule has 1 aliphatic rings. The topological polar surface area (TPSA) is 41.1 Å². The van der Waals surface area contributed by atoms with Crippen molar-refractivity contribution >= 4 is 22.3 Å². The van der Waals surface area contributed by atoms with Gasteiger partial charge in [0.2, 0.25) is 0 Å². The van der Waals surface area contributed by atoms with E-state index in [1.165, 1.54) is 13.0 Å². The number of alkyl halides is 5. The highest BCUT2D eigenvalue weighted by Crippen LogP contribution is 2.35. The van der Waals surface area contributed by atoms with Gasteiger partial charge in [0.25, 0.3) is 5.92 Å². The lowest BCUT2D eigenvalue weighted by Gasteiger charge is -2.34. The van der Waals surface area contributed by atoms with E-state index in [0.717, 1.165) is 11.5 Å². The Kier molecular flexibility index (Phi) is 5.68. The molecule has 3 aromatic rings. The number of piperidine rings is 1. The first-order valence-electron chi connectivity index (χ1n) is 10.3. The van der Waals surface area contributed by atoms with E-state index < -0.39 is 17.7 Å². The van der Waals surface area contributed by atoms with Gasteiger partial charge in [0.05, 0.1) is 17.8 Å². The van der Waals surface area contributed by atoms with Crippen LogP contribution in [0, 0.1) is 13.8 Å². The number of nitrogens with one attached hydrogen (secondary N) is 1. The number of rotatable bonds is 4. The fourth-order valence-corrected chi connectivity index (χ4v) is 4.15. The fourth-order valence-electron chi connectivity index (χ4n) is 4.15. The molecule has 0 saturated carbocycles. The Morgan fingerprint density at radius 3 is 2.56 bits per heavy atom. The van der Waals surface area contributed by atoms with Gasteiger partial charge in [-0.3, -0.25) is 0 Å². The van der Waals surface area contributed by atoms with Crippen LogP contribution in [0.4, 0.5) is 33.5 Å². The molecule has 170 valence electrons. The summed E-state index contributed by atoms with van der Waals surface area (Å²) in [4.78, 5) is 1.65. The average Bonchev–Trinajstić information content (AvgIpc) is 2.72. The second-order valence-electron chi connectivity index (χ2n) is 8.19. The Hall–Kier alpha value is -2.97. The van der Waals surface area contributed by atoms with Crippen LogP contribution < -0.4 is 10.2 Å². The van der Waals surface area contributed by atoms with E-state index >= 15 is 0 Å². The number of aryl methyl sites for hydroxylation is 1. The molecule has 0 bridgehead atoms. The van der Waals surface area contributed by atoms with Crippen LogP contribution in [0.3, 0.4) is 0 Å². The van der Waals surface area contributed by atoms with Gasteiger partial charge in [-0.05, 0) is 49.6 Å². The van der Waals surface area contributed by atoms with E-state index in [9.17, 15) is 22.0 Å². The highest BCUT2D eigenvalue weighted by atomic mass is 19.4. The molecule has 4 nitrogen and oxygen atoms in total. The molecule has 0 amide bonds. The summed E-state index contributed by atoms with van der Waals surface area (Å²) in [5, 5.41) is 12.9. The fraction of sp³-hybridized carbons (Fsp3) is 0.391. The summed E-state index contributed by atoms with van der Waals surface area (Å²) in [6.45, 7) is 3.54. The summed E-state index contributed by atoms with van der Waals surface area (Å²) in [5.74, 6) is -2.34. The van der Waals surface area contributed by atoms with Gasteiger partial charge >= 0.3 is 6.18 Å². The third-order valence-corrected chi connectivity index (χ3v) is 5.90. The zero-order valence-electron chi connectivity index (χ0n) is 17.7. The van der Waals surface area contributed by atoms with Crippen LogP contribution in [0.5, 0.6) is 0 Å². The van der Waals surface area contributed by atoms with Crippen LogP contribution in [0.2, 0.25) is 0 Å². The van der Waals surface area contributed by atoms with Crippen LogP contribution in [0.15, 0.2) is 36.4 Å². The predicted octanol–water partition coefficient (Wildman–Crippen LogP) is 6.11. The minimum atomic E-state index is -4.43. The quantitative estimate of drug-likeness (QED) is 0.487. The van der Waals surface area contributed by atoms with Crippen molar-refractivity contribution in [1.82, 2.24) is 10.2 Å². The zero-order valence-corrected chi connectivity index (χ0v) is 17.7. The Labute approximate surface area is 182 Å². The molecular formula is C23H23F5N4. The molecule has 0 aliphatic carbocycles. The maximum absolute atomic E-state index is 13.9. The van der Waals surface area contributed by atoms with Crippen LogP contribution in [0.1, 0.15) is 35.2 Å². The van der Waals surface area contributed by atoms with Crippen molar-refractivity contribution in [3.63, 3.8) is 0 Å². The van der Waals surface area contributed by atoms with E-state index in [1.807, 2.05) is 6.07 Å². The molecule has 1 aromatic heterocycles. The molecule has 0 atom stereocenters. The zero-order chi connectivity index (χ0) is 23.1.